The summed E-state index contributed by atoms with van der Waals surface area (Å²) in [6, 6.07) is 11.4. The lowest BCUT2D eigenvalue weighted by Gasteiger charge is -2.18. The second-order valence-electron chi connectivity index (χ2n) is 6.00. The van der Waals surface area contributed by atoms with E-state index >= 15 is 0 Å². The minimum absolute atomic E-state index is 0.300. The van der Waals surface area contributed by atoms with Crippen molar-refractivity contribution in [1.82, 2.24) is 5.32 Å². The first-order valence-corrected chi connectivity index (χ1v) is 8.37. The average molecular weight is 345 g/mol. The van der Waals surface area contributed by atoms with Gasteiger partial charge in [-0.3, -0.25) is 0 Å². The molecule has 0 bridgehead atoms. The molecule has 1 atom stereocenters. The Balaban J connectivity index is 1.96. The molecule has 2 rings (SSSR count). The highest BCUT2D eigenvalue weighted by atomic mass is 16.5. The van der Waals surface area contributed by atoms with Crippen molar-refractivity contribution in [3.63, 3.8) is 0 Å². The van der Waals surface area contributed by atoms with Crippen molar-refractivity contribution in [3.05, 3.63) is 47.5 Å². The van der Waals surface area contributed by atoms with Crippen LogP contribution in [0.3, 0.4) is 0 Å². The summed E-state index contributed by atoms with van der Waals surface area (Å²) >= 11 is 0. The molecule has 0 fully saturated rings. The second-order valence-corrected chi connectivity index (χ2v) is 6.00. The summed E-state index contributed by atoms with van der Waals surface area (Å²) in [5.41, 5.74) is 2.19. The molecule has 1 unspecified atom stereocenters. The fourth-order valence-electron chi connectivity index (χ4n) is 2.68. The van der Waals surface area contributed by atoms with Crippen LogP contribution in [0.2, 0.25) is 0 Å². The Kier molecular flexibility index (Phi) is 6.95. The Hall–Kier alpha value is -2.40. The van der Waals surface area contributed by atoms with Crippen LogP contribution in [0, 0.1) is 0 Å². The van der Waals surface area contributed by atoms with Gasteiger partial charge >= 0.3 is 0 Å². The largest absolute Gasteiger partial charge is 0.508 e. The highest BCUT2D eigenvalue weighted by Crippen LogP contribution is 2.34. The van der Waals surface area contributed by atoms with E-state index in [0.29, 0.717) is 24.1 Å². The first-order chi connectivity index (χ1) is 12.1. The number of ether oxygens (including phenoxy) is 3. The Labute approximate surface area is 149 Å². The highest BCUT2D eigenvalue weighted by molar-refractivity contribution is 5.50. The molecule has 5 heteroatoms. The summed E-state index contributed by atoms with van der Waals surface area (Å²) in [6.45, 7) is 2.80. The van der Waals surface area contributed by atoms with Crippen molar-refractivity contribution >= 4 is 0 Å². The van der Waals surface area contributed by atoms with Crippen molar-refractivity contribution < 1.29 is 19.3 Å². The Morgan fingerprint density at radius 3 is 2.08 bits per heavy atom. The van der Waals surface area contributed by atoms with Crippen molar-refractivity contribution in [2.45, 2.75) is 32.4 Å². The van der Waals surface area contributed by atoms with Gasteiger partial charge < -0.3 is 24.6 Å². The molecule has 136 valence electrons. The molecule has 0 aliphatic carbocycles. The number of benzene rings is 2. The van der Waals surface area contributed by atoms with Crippen molar-refractivity contribution in [1.29, 1.82) is 0 Å². The van der Waals surface area contributed by atoms with E-state index in [1.165, 1.54) is 5.56 Å². The van der Waals surface area contributed by atoms with Crippen LogP contribution in [-0.2, 0) is 13.0 Å². The number of rotatable bonds is 9. The molecule has 0 aromatic heterocycles. The van der Waals surface area contributed by atoms with Gasteiger partial charge in [0.05, 0.1) is 26.9 Å². The van der Waals surface area contributed by atoms with E-state index in [0.717, 1.165) is 29.9 Å². The fourth-order valence-corrected chi connectivity index (χ4v) is 2.68. The highest BCUT2D eigenvalue weighted by Gasteiger charge is 2.14. The lowest BCUT2D eigenvalue weighted by molar-refractivity contribution is 0.364. The zero-order chi connectivity index (χ0) is 18.2. The van der Waals surface area contributed by atoms with Gasteiger partial charge in [0.1, 0.15) is 23.0 Å². The van der Waals surface area contributed by atoms with Gasteiger partial charge in [0, 0.05) is 24.7 Å². The third kappa shape index (κ3) is 5.29. The fraction of sp³-hybridized carbons (Fsp3) is 0.400. The summed E-state index contributed by atoms with van der Waals surface area (Å²) in [4.78, 5) is 0. The number of methoxy groups -OCH3 is 3. The maximum Gasteiger partial charge on any atom is 0.130 e. The van der Waals surface area contributed by atoms with Gasteiger partial charge in [0.15, 0.2) is 0 Å². The second kappa shape index (κ2) is 9.18. The molecule has 0 heterocycles. The Bertz CT molecular complexity index is 645. The molecule has 2 N–H and O–H groups in total. The average Bonchev–Trinajstić information content (AvgIpc) is 2.65. The van der Waals surface area contributed by atoms with Crippen molar-refractivity contribution in [2.24, 2.45) is 0 Å². The molecule has 0 aliphatic heterocycles. The van der Waals surface area contributed by atoms with Gasteiger partial charge in [-0.05, 0) is 37.5 Å². The van der Waals surface area contributed by atoms with Gasteiger partial charge in [-0.1, -0.05) is 12.1 Å². The molecule has 0 saturated carbocycles. The van der Waals surface area contributed by atoms with Gasteiger partial charge in [-0.25, -0.2) is 0 Å². The molecular weight excluding hydrogens is 318 g/mol. The number of phenolic OH excluding ortho intramolecular Hbond substituents is 1. The molecule has 25 heavy (non-hydrogen) atoms. The normalized spacial score (nSPS) is 11.8. The summed E-state index contributed by atoms with van der Waals surface area (Å²) in [6.07, 6.45) is 1.94. The van der Waals surface area contributed by atoms with Gasteiger partial charge in [0.25, 0.3) is 0 Å². The van der Waals surface area contributed by atoms with Gasteiger partial charge in [-0.2, -0.15) is 0 Å². The van der Waals surface area contributed by atoms with E-state index < -0.39 is 0 Å². The number of phenols is 1. The Morgan fingerprint density at radius 2 is 1.56 bits per heavy atom. The van der Waals surface area contributed by atoms with E-state index in [1.807, 2.05) is 24.3 Å². The van der Waals surface area contributed by atoms with E-state index in [9.17, 15) is 5.11 Å². The van der Waals surface area contributed by atoms with Crippen LogP contribution >= 0.6 is 0 Å². The maximum atomic E-state index is 9.34. The zero-order valence-corrected chi connectivity index (χ0v) is 15.3. The van der Waals surface area contributed by atoms with Crippen LogP contribution in [-0.4, -0.2) is 32.5 Å². The summed E-state index contributed by atoms with van der Waals surface area (Å²) < 4.78 is 16.2. The van der Waals surface area contributed by atoms with E-state index in [1.54, 1.807) is 33.5 Å². The SMILES string of the molecule is COc1cc(OC)c(CNC(C)CCc2ccc(O)cc2)c(OC)c1. The quantitative estimate of drug-likeness (QED) is 0.728. The molecular formula is C20H27NO4. The third-order valence-electron chi connectivity index (χ3n) is 4.25. The molecule has 0 spiro atoms. The number of nitrogens with one attached hydrogen (secondary N) is 1. The molecule has 0 radical (unpaired) electrons. The van der Waals surface area contributed by atoms with Crippen LogP contribution in [0.25, 0.3) is 0 Å². The number of hydrogen-bond donors (Lipinski definition) is 2. The molecule has 5 nitrogen and oxygen atoms in total. The van der Waals surface area contributed by atoms with E-state index in [2.05, 4.69) is 12.2 Å². The molecule has 0 amide bonds. The lowest BCUT2D eigenvalue weighted by atomic mass is 10.1. The monoisotopic (exact) mass is 345 g/mol. The lowest BCUT2D eigenvalue weighted by Crippen LogP contribution is -2.26. The van der Waals surface area contributed by atoms with Crippen molar-refractivity contribution in [3.8, 4) is 23.0 Å². The summed E-state index contributed by atoms with van der Waals surface area (Å²) in [5.74, 6) is 2.50. The van der Waals surface area contributed by atoms with Gasteiger partial charge in [-0.15, -0.1) is 0 Å². The van der Waals surface area contributed by atoms with Crippen LogP contribution in [0.5, 0.6) is 23.0 Å². The standard InChI is InChI=1S/C20H27NO4/c1-14(5-6-15-7-9-16(22)10-8-15)21-13-18-19(24-3)11-17(23-2)12-20(18)25-4/h7-12,14,21-22H,5-6,13H2,1-4H3. The first-order valence-electron chi connectivity index (χ1n) is 8.37. The topological polar surface area (TPSA) is 60.0 Å². The first kappa shape index (κ1) is 18.9. The summed E-state index contributed by atoms with van der Waals surface area (Å²) in [7, 11) is 4.91. The van der Waals surface area contributed by atoms with Crippen LogP contribution in [0.15, 0.2) is 36.4 Å². The molecule has 2 aromatic carbocycles. The molecule has 2 aromatic rings. The predicted octanol–water partition coefficient (Wildman–Crippen LogP) is 3.53. The number of aryl methyl sites for hydroxylation is 1. The minimum atomic E-state index is 0.300. The summed E-state index contributed by atoms with van der Waals surface area (Å²) in [5, 5.41) is 12.9. The maximum absolute atomic E-state index is 9.34. The van der Waals surface area contributed by atoms with Crippen LogP contribution in [0.1, 0.15) is 24.5 Å². The third-order valence-corrected chi connectivity index (χ3v) is 4.25. The van der Waals surface area contributed by atoms with Crippen molar-refractivity contribution in [2.75, 3.05) is 21.3 Å². The van der Waals surface area contributed by atoms with Gasteiger partial charge in [0.2, 0.25) is 0 Å². The predicted molar refractivity (Wildman–Crippen MR) is 98.8 cm³/mol. The van der Waals surface area contributed by atoms with E-state index in [4.69, 9.17) is 14.2 Å². The van der Waals surface area contributed by atoms with Crippen LogP contribution < -0.4 is 19.5 Å². The number of aromatic hydroxyl groups is 1. The Morgan fingerprint density at radius 1 is 0.960 bits per heavy atom. The van der Waals surface area contributed by atoms with E-state index in [-0.39, 0.29) is 0 Å². The number of hydrogen-bond acceptors (Lipinski definition) is 5. The smallest absolute Gasteiger partial charge is 0.130 e. The minimum Gasteiger partial charge on any atom is -0.508 e. The molecule has 0 saturated heterocycles. The zero-order valence-electron chi connectivity index (χ0n) is 15.3. The molecule has 0 aliphatic rings. The van der Waals surface area contributed by atoms with Crippen LogP contribution in [0.4, 0.5) is 0 Å².